The van der Waals surface area contributed by atoms with Crippen LogP contribution in [0.2, 0.25) is 5.02 Å². The smallest absolute Gasteiger partial charge is 0.321 e. The SMILES string of the molecule is Cc1ccc2c(c1)C(=O)N(CCCC(=O)N1CCN(C(=O)Nc3ccc(C)c(Cl)c3)CC1)C2=O. The van der Waals surface area contributed by atoms with Crippen molar-refractivity contribution in [2.75, 3.05) is 38.0 Å². The maximum Gasteiger partial charge on any atom is 0.321 e. The molecule has 0 bridgehead atoms. The molecule has 0 spiro atoms. The summed E-state index contributed by atoms with van der Waals surface area (Å²) in [5.41, 5.74) is 3.34. The second-order valence-corrected chi connectivity index (χ2v) is 9.08. The summed E-state index contributed by atoms with van der Waals surface area (Å²) in [7, 11) is 0. The molecule has 4 rings (SSSR count). The minimum absolute atomic E-state index is 0.0437. The number of amides is 5. The van der Waals surface area contributed by atoms with Gasteiger partial charge in [0.2, 0.25) is 5.91 Å². The number of hydrogen-bond donors (Lipinski definition) is 1. The van der Waals surface area contributed by atoms with Crippen molar-refractivity contribution in [2.45, 2.75) is 26.7 Å². The molecule has 0 atom stereocenters. The van der Waals surface area contributed by atoms with Crippen LogP contribution in [0.1, 0.15) is 44.7 Å². The van der Waals surface area contributed by atoms with Crippen LogP contribution in [0.15, 0.2) is 36.4 Å². The van der Waals surface area contributed by atoms with Crippen molar-refractivity contribution in [1.29, 1.82) is 0 Å². The number of piperazine rings is 1. The van der Waals surface area contributed by atoms with Gasteiger partial charge in [0, 0.05) is 49.9 Å². The fraction of sp³-hybridized carbons (Fsp3) is 0.360. The number of imide groups is 1. The molecule has 0 unspecified atom stereocenters. The molecule has 0 radical (unpaired) electrons. The van der Waals surface area contributed by atoms with Crippen molar-refractivity contribution in [3.05, 3.63) is 63.7 Å². The number of carbonyl (C=O) groups excluding carboxylic acids is 4. The third-order valence-electron chi connectivity index (χ3n) is 6.24. The summed E-state index contributed by atoms with van der Waals surface area (Å²) in [6.07, 6.45) is 0.638. The lowest BCUT2D eigenvalue weighted by molar-refractivity contribution is -0.132. The van der Waals surface area contributed by atoms with Gasteiger partial charge in [-0.2, -0.15) is 0 Å². The number of anilines is 1. The molecule has 1 saturated heterocycles. The zero-order valence-corrected chi connectivity index (χ0v) is 20.0. The number of nitrogens with zero attached hydrogens (tertiary/aromatic N) is 3. The van der Waals surface area contributed by atoms with Crippen LogP contribution in [0.3, 0.4) is 0 Å². The van der Waals surface area contributed by atoms with Gasteiger partial charge < -0.3 is 15.1 Å². The molecule has 2 aromatic rings. The number of nitrogens with one attached hydrogen (secondary N) is 1. The van der Waals surface area contributed by atoms with Gasteiger partial charge in [-0.05, 0) is 50.1 Å². The molecule has 2 aromatic carbocycles. The molecule has 5 amide bonds. The van der Waals surface area contributed by atoms with Crippen molar-refractivity contribution in [3.8, 4) is 0 Å². The number of rotatable bonds is 5. The Balaban J connectivity index is 1.22. The zero-order chi connectivity index (χ0) is 24.4. The highest BCUT2D eigenvalue weighted by Crippen LogP contribution is 2.24. The molecule has 178 valence electrons. The molecule has 34 heavy (non-hydrogen) atoms. The largest absolute Gasteiger partial charge is 0.339 e. The molecule has 0 saturated carbocycles. The predicted octanol–water partition coefficient (Wildman–Crippen LogP) is 3.71. The van der Waals surface area contributed by atoms with E-state index in [1.165, 1.54) is 4.90 Å². The van der Waals surface area contributed by atoms with Gasteiger partial charge in [0.15, 0.2) is 0 Å². The molecule has 2 heterocycles. The van der Waals surface area contributed by atoms with E-state index < -0.39 is 0 Å². The van der Waals surface area contributed by atoms with Crippen LogP contribution in [0.4, 0.5) is 10.5 Å². The van der Waals surface area contributed by atoms with E-state index in [1.807, 2.05) is 26.0 Å². The van der Waals surface area contributed by atoms with Crippen LogP contribution in [-0.2, 0) is 4.79 Å². The first-order valence-corrected chi connectivity index (χ1v) is 11.7. The van der Waals surface area contributed by atoms with Crippen molar-refractivity contribution in [3.63, 3.8) is 0 Å². The summed E-state index contributed by atoms with van der Waals surface area (Å²) < 4.78 is 0. The number of halogens is 1. The lowest BCUT2D eigenvalue weighted by Crippen LogP contribution is -2.51. The summed E-state index contributed by atoms with van der Waals surface area (Å²) in [5, 5.41) is 3.43. The van der Waals surface area contributed by atoms with E-state index in [2.05, 4.69) is 5.32 Å². The molecule has 0 aliphatic carbocycles. The predicted molar refractivity (Wildman–Crippen MR) is 129 cm³/mol. The molecule has 8 nitrogen and oxygen atoms in total. The van der Waals surface area contributed by atoms with E-state index in [0.717, 1.165) is 11.1 Å². The Hall–Kier alpha value is -3.39. The highest BCUT2D eigenvalue weighted by molar-refractivity contribution is 6.31. The average molecular weight is 483 g/mol. The molecule has 1 fully saturated rings. The van der Waals surface area contributed by atoms with Crippen LogP contribution in [-0.4, -0.2) is 71.2 Å². The Morgan fingerprint density at radius 1 is 0.912 bits per heavy atom. The third kappa shape index (κ3) is 4.92. The summed E-state index contributed by atoms with van der Waals surface area (Å²) in [4.78, 5) is 54.9. The van der Waals surface area contributed by atoms with E-state index in [4.69, 9.17) is 11.6 Å². The minimum atomic E-state index is -0.304. The lowest BCUT2D eigenvalue weighted by Gasteiger charge is -2.34. The highest BCUT2D eigenvalue weighted by Gasteiger charge is 2.35. The molecular weight excluding hydrogens is 456 g/mol. The van der Waals surface area contributed by atoms with Gasteiger partial charge in [-0.15, -0.1) is 0 Å². The standard InChI is InChI=1S/C25H27ClN4O4/c1-16-5-8-19-20(14-16)24(33)30(23(19)32)9-3-4-22(31)28-10-12-29(13-11-28)25(34)27-18-7-6-17(2)21(26)15-18/h5-8,14-15H,3-4,9-13H2,1-2H3,(H,27,34). The molecular formula is C25H27ClN4O4. The normalized spacial score (nSPS) is 15.6. The van der Waals surface area contributed by atoms with Gasteiger partial charge in [0.25, 0.3) is 11.8 Å². The van der Waals surface area contributed by atoms with Crippen LogP contribution in [0.25, 0.3) is 0 Å². The Kier molecular flexibility index (Phi) is 6.88. The van der Waals surface area contributed by atoms with Crippen LogP contribution >= 0.6 is 11.6 Å². The van der Waals surface area contributed by atoms with E-state index >= 15 is 0 Å². The highest BCUT2D eigenvalue weighted by atomic mass is 35.5. The topological polar surface area (TPSA) is 90.0 Å². The second kappa shape index (κ2) is 9.85. The molecule has 1 N–H and O–H groups in total. The Morgan fingerprint density at radius 3 is 2.29 bits per heavy atom. The van der Waals surface area contributed by atoms with E-state index in [1.54, 1.807) is 34.1 Å². The number of urea groups is 1. The van der Waals surface area contributed by atoms with Gasteiger partial charge in [0.1, 0.15) is 0 Å². The van der Waals surface area contributed by atoms with E-state index in [-0.39, 0.29) is 36.7 Å². The fourth-order valence-corrected chi connectivity index (χ4v) is 4.37. The van der Waals surface area contributed by atoms with Crippen LogP contribution in [0, 0.1) is 13.8 Å². The Labute approximate surface area is 203 Å². The fourth-order valence-electron chi connectivity index (χ4n) is 4.19. The first-order valence-electron chi connectivity index (χ1n) is 11.3. The summed E-state index contributed by atoms with van der Waals surface area (Å²) in [6, 6.07) is 10.3. The van der Waals surface area contributed by atoms with Crippen LogP contribution in [0.5, 0.6) is 0 Å². The number of carbonyl (C=O) groups is 4. The minimum Gasteiger partial charge on any atom is -0.339 e. The van der Waals surface area contributed by atoms with Gasteiger partial charge in [-0.3, -0.25) is 19.3 Å². The first-order chi connectivity index (χ1) is 16.2. The zero-order valence-electron chi connectivity index (χ0n) is 19.3. The molecule has 2 aliphatic heterocycles. The number of hydrogen-bond acceptors (Lipinski definition) is 4. The monoisotopic (exact) mass is 482 g/mol. The van der Waals surface area contributed by atoms with E-state index in [0.29, 0.717) is 54.4 Å². The van der Waals surface area contributed by atoms with Gasteiger partial charge in [-0.25, -0.2) is 4.79 Å². The van der Waals surface area contributed by atoms with Crippen LogP contribution < -0.4 is 5.32 Å². The maximum atomic E-state index is 12.6. The average Bonchev–Trinajstić information content (AvgIpc) is 3.05. The van der Waals surface area contributed by atoms with E-state index in [9.17, 15) is 19.2 Å². The summed E-state index contributed by atoms with van der Waals surface area (Å²) >= 11 is 6.12. The van der Waals surface area contributed by atoms with Crippen molar-refractivity contribution in [1.82, 2.24) is 14.7 Å². The molecule has 2 aliphatic rings. The van der Waals surface area contributed by atoms with Crippen molar-refractivity contribution < 1.29 is 19.2 Å². The number of aryl methyl sites for hydroxylation is 2. The maximum absolute atomic E-state index is 12.6. The Bertz CT molecular complexity index is 1160. The summed E-state index contributed by atoms with van der Waals surface area (Å²) in [5.74, 6) is -0.648. The van der Waals surface area contributed by atoms with Crippen molar-refractivity contribution in [2.24, 2.45) is 0 Å². The van der Waals surface area contributed by atoms with Crippen molar-refractivity contribution >= 4 is 41.0 Å². The summed E-state index contributed by atoms with van der Waals surface area (Å²) in [6.45, 7) is 5.70. The third-order valence-corrected chi connectivity index (χ3v) is 6.65. The molecule has 9 heteroatoms. The first kappa shape index (κ1) is 23.8. The number of fused-ring (bicyclic) bond motifs is 1. The second-order valence-electron chi connectivity index (χ2n) is 8.68. The van der Waals surface area contributed by atoms with Gasteiger partial charge >= 0.3 is 6.03 Å². The van der Waals surface area contributed by atoms with Gasteiger partial charge in [0.05, 0.1) is 11.1 Å². The molecule has 0 aromatic heterocycles. The Morgan fingerprint density at radius 2 is 1.59 bits per heavy atom. The van der Waals surface area contributed by atoms with Gasteiger partial charge in [-0.1, -0.05) is 29.3 Å². The lowest BCUT2D eigenvalue weighted by atomic mass is 10.1. The number of benzene rings is 2. The quantitative estimate of drug-likeness (QED) is 0.658.